The zero-order chi connectivity index (χ0) is 22.5. The van der Waals surface area contributed by atoms with Crippen molar-refractivity contribution in [2.45, 2.75) is 26.6 Å². The van der Waals surface area contributed by atoms with E-state index in [1.807, 2.05) is 73.8 Å². The number of benzodiazepines with no additional fused rings is 1. The van der Waals surface area contributed by atoms with Gasteiger partial charge in [0.1, 0.15) is 17.3 Å². The normalized spacial score (nSPS) is 15.7. The van der Waals surface area contributed by atoms with Gasteiger partial charge in [-0.25, -0.2) is 14.8 Å². The molecule has 7 nitrogen and oxygen atoms in total. The zero-order valence-corrected chi connectivity index (χ0v) is 18.7. The molecule has 0 unspecified atom stereocenters. The Labute approximate surface area is 190 Å². The number of anilines is 1. The molecule has 2 amide bonds. The van der Waals surface area contributed by atoms with Crippen LogP contribution in [-0.2, 0) is 16.1 Å². The fourth-order valence-corrected chi connectivity index (χ4v) is 4.11. The first-order valence-corrected chi connectivity index (χ1v) is 11.3. The number of fused-ring (bicyclic) bond motifs is 1. The summed E-state index contributed by atoms with van der Waals surface area (Å²) < 4.78 is 5.34. The van der Waals surface area contributed by atoms with Gasteiger partial charge in [0.2, 0.25) is 6.17 Å². The number of carbonyl (C=O) groups is 2. The van der Waals surface area contributed by atoms with Crippen molar-refractivity contribution in [1.82, 2.24) is 10.3 Å². The fraction of sp³-hybridized carbons (Fsp3) is 0.250. The summed E-state index contributed by atoms with van der Waals surface area (Å²) in [5.41, 5.74) is 2.99. The van der Waals surface area contributed by atoms with E-state index in [4.69, 9.17) is 4.74 Å². The van der Waals surface area contributed by atoms with Gasteiger partial charge in [0.05, 0.1) is 5.69 Å². The lowest BCUT2D eigenvalue weighted by Crippen LogP contribution is -2.48. The van der Waals surface area contributed by atoms with Gasteiger partial charge in [-0.3, -0.25) is 10.1 Å². The van der Waals surface area contributed by atoms with Gasteiger partial charge < -0.3 is 9.64 Å². The highest BCUT2D eigenvalue weighted by atomic mass is 32.1. The number of benzene rings is 2. The Hall–Kier alpha value is -3.52. The van der Waals surface area contributed by atoms with Crippen LogP contribution >= 0.6 is 11.3 Å². The Bertz CT molecular complexity index is 1110. The number of amides is 2. The molecule has 1 atom stereocenters. The summed E-state index contributed by atoms with van der Waals surface area (Å²) >= 11 is 1.43. The van der Waals surface area contributed by atoms with Crippen LogP contribution in [0.4, 0.5) is 10.5 Å². The highest BCUT2D eigenvalue weighted by Crippen LogP contribution is 2.29. The second-order valence-electron chi connectivity index (χ2n) is 7.78. The molecule has 1 N–H and O–H groups in total. The molecule has 2 heterocycles. The molecule has 1 aliphatic rings. The Balaban J connectivity index is 1.65. The fourth-order valence-electron chi connectivity index (χ4n) is 3.46. The van der Waals surface area contributed by atoms with E-state index in [0.29, 0.717) is 17.3 Å². The van der Waals surface area contributed by atoms with Gasteiger partial charge in [-0.05, 0) is 17.5 Å². The Kier molecular flexibility index (Phi) is 6.61. The number of ether oxygens (including phenoxy) is 1. The maximum atomic E-state index is 13.5. The number of alkyl carbamates (subject to hydrolysis) is 1. The predicted molar refractivity (Wildman–Crippen MR) is 125 cm³/mol. The summed E-state index contributed by atoms with van der Waals surface area (Å²) in [7, 11) is 0. The molecule has 3 aromatic rings. The molecular formula is C24H24N4O3S. The number of hydrogen-bond acceptors (Lipinski definition) is 6. The van der Waals surface area contributed by atoms with Gasteiger partial charge in [-0.15, -0.1) is 11.3 Å². The minimum absolute atomic E-state index is 0.104. The Morgan fingerprint density at radius 1 is 1.16 bits per heavy atom. The van der Waals surface area contributed by atoms with E-state index < -0.39 is 12.3 Å². The van der Waals surface area contributed by atoms with Crippen LogP contribution in [0.1, 0.15) is 30.0 Å². The molecule has 0 fully saturated rings. The van der Waals surface area contributed by atoms with Gasteiger partial charge in [-0.2, -0.15) is 0 Å². The van der Waals surface area contributed by atoms with Crippen LogP contribution in [0.3, 0.4) is 0 Å². The van der Waals surface area contributed by atoms with Crippen LogP contribution in [0.2, 0.25) is 0 Å². The number of nitrogens with one attached hydrogen (secondary N) is 1. The van der Waals surface area contributed by atoms with E-state index in [9.17, 15) is 9.59 Å². The second kappa shape index (κ2) is 9.74. The van der Waals surface area contributed by atoms with Crippen molar-refractivity contribution in [2.75, 3.05) is 11.4 Å². The number of carbonyl (C=O) groups excluding carboxylic acids is 2. The predicted octanol–water partition coefficient (Wildman–Crippen LogP) is 4.24. The number of aliphatic imine (C=N–C) groups is 1. The van der Waals surface area contributed by atoms with Crippen LogP contribution in [0.5, 0.6) is 0 Å². The summed E-state index contributed by atoms with van der Waals surface area (Å²) in [6.07, 6.45) is -0.131. The van der Waals surface area contributed by atoms with Crippen molar-refractivity contribution >= 4 is 34.7 Å². The minimum atomic E-state index is -1.12. The molecule has 1 aliphatic heterocycles. The number of nitrogens with zero attached hydrogens (tertiary/aromatic N) is 3. The average molecular weight is 449 g/mol. The van der Waals surface area contributed by atoms with Crippen LogP contribution in [0.25, 0.3) is 0 Å². The summed E-state index contributed by atoms with van der Waals surface area (Å²) in [6, 6.07) is 17.0. The van der Waals surface area contributed by atoms with Crippen LogP contribution in [0, 0.1) is 5.92 Å². The van der Waals surface area contributed by atoms with E-state index in [-0.39, 0.29) is 18.4 Å². The number of rotatable bonds is 6. The summed E-state index contributed by atoms with van der Waals surface area (Å²) in [4.78, 5) is 36.8. The first kappa shape index (κ1) is 21.7. The maximum absolute atomic E-state index is 13.5. The third-order valence-corrected chi connectivity index (χ3v) is 5.64. The van der Waals surface area contributed by atoms with Crippen molar-refractivity contribution in [1.29, 1.82) is 0 Å². The lowest BCUT2D eigenvalue weighted by atomic mass is 10.1. The minimum Gasteiger partial charge on any atom is -0.445 e. The maximum Gasteiger partial charge on any atom is 0.409 e. The number of para-hydroxylation sites is 1. The summed E-state index contributed by atoms with van der Waals surface area (Å²) in [5.74, 6) is -0.0894. The van der Waals surface area contributed by atoms with Crippen molar-refractivity contribution in [2.24, 2.45) is 10.9 Å². The van der Waals surface area contributed by atoms with E-state index in [1.165, 1.54) is 11.3 Å². The highest BCUT2D eigenvalue weighted by molar-refractivity contribution is 7.12. The van der Waals surface area contributed by atoms with Gasteiger partial charge in [-0.1, -0.05) is 62.4 Å². The number of aromatic nitrogens is 1. The summed E-state index contributed by atoms with van der Waals surface area (Å²) in [5, 5.41) is 5.18. The Morgan fingerprint density at radius 3 is 2.62 bits per heavy atom. The molecule has 0 saturated carbocycles. The van der Waals surface area contributed by atoms with E-state index in [0.717, 1.165) is 16.8 Å². The van der Waals surface area contributed by atoms with Gasteiger partial charge >= 0.3 is 6.09 Å². The molecule has 32 heavy (non-hydrogen) atoms. The second-order valence-corrected chi connectivity index (χ2v) is 8.68. The van der Waals surface area contributed by atoms with Gasteiger partial charge in [0.25, 0.3) is 5.91 Å². The van der Waals surface area contributed by atoms with Crippen molar-refractivity contribution in [3.05, 3.63) is 82.3 Å². The van der Waals surface area contributed by atoms with E-state index in [1.54, 1.807) is 11.1 Å². The number of thiazole rings is 1. The van der Waals surface area contributed by atoms with Gasteiger partial charge in [0.15, 0.2) is 0 Å². The quantitative estimate of drug-likeness (QED) is 0.612. The van der Waals surface area contributed by atoms with Gasteiger partial charge in [0, 0.05) is 23.7 Å². The summed E-state index contributed by atoms with van der Waals surface area (Å²) in [6.45, 7) is 4.68. The molecule has 0 radical (unpaired) electrons. The Morgan fingerprint density at radius 2 is 1.91 bits per heavy atom. The molecule has 0 aliphatic carbocycles. The molecule has 8 heteroatoms. The topological polar surface area (TPSA) is 83.9 Å². The molecule has 0 saturated heterocycles. The largest absolute Gasteiger partial charge is 0.445 e. The van der Waals surface area contributed by atoms with Crippen LogP contribution < -0.4 is 10.2 Å². The van der Waals surface area contributed by atoms with Crippen molar-refractivity contribution in [3.63, 3.8) is 0 Å². The highest BCUT2D eigenvalue weighted by Gasteiger charge is 2.34. The third-order valence-electron chi connectivity index (χ3n) is 4.86. The monoisotopic (exact) mass is 448 g/mol. The van der Waals surface area contributed by atoms with Crippen LogP contribution in [0.15, 0.2) is 71.2 Å². The SMILES string of the molecule is CC(C)CN1C(=O)[C@H](NC(=O)OCc2ccccc2)N=C(c2nccs2)c2ccccc21. The van der Waals surface area contributed by atoms with E-state index in [2.05, 4.69) is 15.3 Å². The first-order chi connectivity index (χ1) is 15.5. The van der Waals surface area contributed by atoms with Crippen molar-refractivity contribution < 1.29 is 14.3 Å². The first-order valence-electron chi connectivity index (χ1n) is 10.4. The lowest BCUT2D eigenvalue weighted by molar-refractivity contribution is -0.120. The lowest BCUT2D eigenvalue weighted by Gasteiger charge is -2.26. The average Bonchev–Trinajstić information content (AvgIpc) is 3.30. The molecule has 0 bridgehead atoms. The molecule has 2 aromatic carbocycles. The third kappa shape index (κ3) is 4.86. The molecular weight excluding hydrogens is 424 g/mol. The zero-order valence-electron chi connectivity index (χ0n) is 17.9. The molecule has 164 valence electrons. The number of hydrogen-bond donors (Lipinski definition) is 1. The van der Waals surface area contributed by atoms with E-state index >= 15 is 0 Å². The van der Waals surface area contributed by atoms with Crippen molar-refractivity contribution in [3.8, 4) is 0 Å². The molecule has 1 aromatic heterocycles. The molecule has 4 rings (SSSR count). The molecule has 0 spiro atoms. The van der Waals surface area contributed by atoms with Crippen LogP contribution in [-0.4, -0.2) is 35.4 Å². The smallest absolute Gasteiger partial charge is 0.409 e. The standard InChI is InChI=1S/C24H24N4O3S/c1-16(2)14-28-19-11-7-6-10-18(19)20(22-25-12-13-32-22)26-21(23(28)29)27-24(30)31-15-17-8-4-3-5-9-17/h3-13,16,21H,14-15H2,1-2H3,(H,27,30)/t21-/m0/s1.